The molecule has 3 nitrogen and oxygen atoms in total. The summed E-state index contributed by atoms with van der Waals surface area (Å²) in [4.78, 5) is 14.2. The number of carbonyl (C=O) groups excluding carboxylic acids is 1. The molecule has 1 fully saturated rings. The van der Waals surface area contributed by atoms with Crippen molar-refractivity contribution in [2.75, 3.05) is 24.5 Å². The molecular formula is C23H28F2N2O. The average Bonchev–Trinajstić information content (AvgIpc) is 3.16. The summed E-state index contributed by atoms with van der Waals surface area (Å²) in [6.45, 7) is 6.47. The lowest BCUT2D eigenvalue weighted by molar-refractivity contribution is -0.121. The molecule has 5 heteroatoms. The number of nitrogens with zero attached hydrogens (tertiary/aromatic N) is 1. The van der Waals surface area contributed by atoms with Crippen LogP contribution in [0.25, 0.3) is 0 Å². The zero-order valence-electron chi connectivity index (χ0n) is 16.6. The molecule has 3 rings (SSSR count). The van der Waals surface area contributed by atoms with Gasteiger partial charge in [0, 0.05) is 37.8 Å². The molecule has 2 aromatic rings. The number of carbonyl (C=O) groups is 1. The maximum Gasteiger partial charge on any atom is 0.220 e. The van der Waals surface area contributed by atoms with Crippen molar-refractivity contribution in [2.45, 2.75) is 39.0 Å². The third kappa shape index (κ3) is 5.31. The van der Waals surface area contributed by atoms with Crippen molar-refractivity contribution in [1.29, 1.82) is 0 Å². The van der Waals surface area contributed by atoms with Crippen LogP contribution in [0.4, 0.5) is 14.5 Å². The van der Waals surface area contributed by atoms with E-state index >= 15 is 0 Å². The van der Waals surface area contributed by atoms with Crippen LogP contribution in [-0.2, 0) is 11.2 Å². The van der Waals surface area contributed by atoms with E-state index in [0.717, 1.165) is 32.0 Å². The van der Waals surface area contributed by atoms with E-state index in [0.29, 0.717) is 30.5 Å². The molecule has 1 unspecified atom stereocenters. The summed E-state index contributed by atoms with van der Waals surface area (Å²) in [5.74, 6) is -0.766. The fourth-order valence-electron chi connectivity index (χ4n) is 3.59. The maximum absolute atomic E-state index is 13.4. The van der Waals surface area contributed by atoms with Gasteiger partial charge in [-0.05, 0) is 47.9 Å². The molecule has 1 aliphatic heterocycles. The quantitative estimate of drug-likeness (QED) is 0.750. The number of hydrogen-bond donors (Lipinski definition) is 1. The van der Waals surface area contributed by atoms with E-state index in [1.807, 2.05) is 4.90 Å². The van der Waals surface area contributed by atoms with Gasteiger partial charge in [0.05, 0.1) is 0 Å². The normalized spacial score (nSPS) is 16.6. The van der Waals surface area contributed by atoms with Crippen molar-refractivity contribution >= 4 is 11.6 Å². The minimum atomic E-state index is -0.828. The van der Waals surface area contributed by atoms with E-state index in [2.05, 4.69) is 43.4 Å². The lowest BCUT2D eigenvalue weighted by Gasteiger charge is -2.19. The first-order valence-corrected chi connectivity index (χ1v) is 9.98. The van der Waals surface area contributed by atoms with Crippen molar-refractivity contribution in [3.8, 4) is 0 Å². The van der Waals surface area contributed by atoms with E-state index in [9.17, 15) is 13.6 Å². The Balaban J connectivity index is 1.40. The van der Waals surface area contributed by atoms with Crippen LogP contribution in [0.3, 0.4) is 0 Å². The standard InChI is InChI=1S/C23H28F2N2O/c1-16(2)19-6-3-17(4-7-19)5-10-23(28)26-14-18-11-12-27(15-18)20-8-9-21(24)22(25)13-20/h3-4,6-9,13,16,18H,5,10-12,14-15H2,1-2H3,(H,26,28). The van der Waals surface area contributed by atoms with Gasteiger partial charge in [-0.25, -0.2) is 8.78 Å². The fraction of sp³-hybridized carbons (Fsp3) is 0.435. The molecular weight excluding hydrogens is 358 g/mol. The Labute approximate surface area is 165 Å². The van der Waals surface area contributed by atoms with Crippen molar-refractivity contribution in [2.24, 2.45) is 5.92 Å². The van der Waals surface area contributed by atoms with Gasteiger partial charge in [-0.1, -0.05) is 38.1 Å². The van der Waals surface area contributed by atoms with Gasteiger partial charge in [0.1, 0.15) is 0 Å². The van der Waals surface area contributed by atoms with Crippen LogP contribution in [0.2, 0.25) is 0 Å². The topological polar surface area (TPSA) is 32.3 Å². The summed E-state index contributed by atoms with van der Waals surface area (Å²) in [6, 6.07) is 12.4. The Morgan fingerprint density at radius 1 is 1.14 bits per heavy atom. The molecule has 1 saturated heterocycles. The van der Waals surface area contributed by atoms with Gasteiger partial charge in [0.2, 0.25) is 5.91 Å². The van der Waals surface area contributed by atoms with Gasteiger partial charge in [0.25, 0.3) is 0 Å². The van der Waals surface area contributed by atoms with Crippen LogP contribution in [0.15, 0.2) is 42.5 Å². The summed E-state index contributed by atoms with van der Waals surface area (Å²) in [5, 5.41) is 3.02. The maximum atomic E-state index is 13.4. The molecule has 2 aromatic carbocycles. The second-order valence-corrected chi connectivity index (χ2v) is 7.90. The molecule has 0 bridgehead atoms. The minimum absolute atomic E-state index is 0.0548. The highest BCUT2D eigenvalue weighted by molar-refractivity contribution is 5.76. The van der Waals surface area contributed by atoms with Crippen LogP contribution in [0.5, 0.6) is 0 Å². The van der Waals surface area contributed by atoms with Crippen molar-refractivity contribution in [3.63, 3.8) is 0 Å². The second-order valence-electron chi connectivity index (χ2n) is 7.90. The summed E-state index contributed by atoms with van der Waals surface area (Å²) in [5.41, 5.74) is 3.17. The van der Waals surface area contributed by atoms with E-state index in [4.69, 9.17) is 0 Å². The van der Waals surface area contributed by atoms with Gasteiger partial charge in [-0.2, -0.15) is 0 Å². The predicted molar refractivity (Wildman–Crippen MR) is 109 cm³/mol. The van der Waals surface area contributed by atoms with E-state index in [1.165, 1.54) is 17.2 Å². The first-order chi connectivity index (χ1) is 13.4. The number of halogens is 2. The first kappa shape index (κ1) is 20.3. The Kier molecular flexibility index (Phi) is 6.65. The lowest BCUT2D eigenvalue weighted by atomic mass is 10.0. The van der Waals surface area contributed by atoms with Crippen LogP contribution < -0.4 is 10.2 Å². The van der Waals surface area contributed by atoms with Gasteiger partial charge in [0.15, 0.2) is 11.6 Å². The molecule has 0 spiro atoms. The van der Waals surface area contributed by atoms with Crippen LogP contribution in [0.1, 0.15) is 43.7 Å². The number of anilines is 1. The minimum Gasteiger partial charge on any atom is -0.371 e. The summed E-state index contributed by atoms with van der Waals surface area (Å²) < 4.78 is 26.5. The zero-order valence-corrected chi connectivity index (χ0v) is 16.6. The molecule has 1 atom stereocenters. The molecule has 1 aliphatic rings. The first-order valence-electron chi connectivity index (χ1n) is 9.98. The molecule has 150 valence electrons. The molecule has 1 N–H and O–H groups in total. The summed E-state index contributed by atoms with van der Waals surface area (Å²) in [6.07, 6.45) is 2.13. The van der Waals surface area contributed by atoms with Gasteiger partial charge in [-0.3, -0.25) is 4.79 Å². The van der Waals surface area contributed by atoms with Crippen molar-refractivity contribution in [1.82, 2.24) is 5.32 Å². The highest BCUT2D eigenvalue weighted by atomic mass is 19.2. The largest absolute Gasteiger partial charge is 0.371 e. The summed E-state index contributed by atoms with van der Waals surface area (Å²) in [7, 11) is 0. The molecule has 0 saturated carbocycles. The average molecular weight is 386 g/mol. The summed E-state index contributed by atoms with van der Waals surface area (Å²) >= 11 is 0. The predicted octanol–water partition coefficient (Wildman–Crippen LogP) is 4.66. The number of benzene rings is 2. The Morgan fingerprint density at radius 2 is 1.89 bits per heavy atom. The Hall–Kier alpha value is -2.43. The highest BCUT2D eigenvalue weighted by Crippen LogP contribution is 2.25. The van der Waals surface area contributed by atoms with Gasteiger partial charge in [-0.15, -0.1) is 0 Å². The van der Waals surface area contributed by atoms with Gasteiger partial charge >= 0.3 is 0 Å². The third-order valence-electron chi connectivity index (χ3n) is 5.43. The highest BCUT2D eigenvalue weighted by Gasteiger charge is 2.23. The molecule has 0 aliphatic carbocycles. The number of hydrogen-bond acceptors (Lipinski definition) is 2. The van der Waals surface area contributed by atoms with Crippen molar-refractivity contribution in [3.05, 3.63) is 65.2 Å². The van der Waals surface area contributed by atoms with Crippen LogP contribution in [-0.4, -0.2) is 25.5 Å². The molecule has 0 aromatic heterocycles. The lowest BCUT2D eigenvalue weighted by Crippen LogP contribution is -2.31. The SMILES string of the molecule is CC(C)c1ccc(CCC(=O)NCC2CCN(c3ccc(F)c(F)c3)C2)cc1. The van der Waals surface area contributed by atoms with Gasteiger partial charge < -0.3 is 10.2 Å². The monoisotopic (exact) mass is 386 g/mol. The Morgan fingerprint density at radius 3 is 2.57 bits per heavy atom. The fourth-order valence-corrected chi connectivity index (χ4v) is 3.59. The molecule has 1 amide bonds. The van der Waals surface area contributed by atoms with Crippen LogP contribution in [0, 0.1) is 17.6 Å². The number of aryl methyl sites for hydroxylation is 1. The molecule has 1 heterocycles. The molecule has 28 heavy (non-hydrogen) atoms. The Bertz CT molecular complexity index is 805. The number of amides is 1. The molecule has 0 radical (unpaired) electrons. The van der Waals surface area contributed by atoms with Crippen LogP contribution >= 0.6 is 0 Å². The van der Waals surface area contributed by atoms with E-state index in [-0.39, 0.29) is 5.91 Å². The third-order valence-corrected chi connectivity index (χ3v) is 5.43. The van der Waals surface area contributed by atoms with Crippen molar-refractivity contribution < 1.29 is 13.6 Å². The number of rotatable bonds is 7. The smallest absolute Gasteiger partial charge is 0.220 e. The van der Waals surface area contributed by atoms with E-state index < -0.39 is 11.6 Å². The van der Waals surface area contributed by atoms with E-state index in [1.54, 1.807) is 6.07 Å². The zero-order chi connectivity index (χ0) is 20.1. The number of nitrogens with one attached hydrogen (secondary N) is 1. The second kappa shape index (κ2) is 9.18.